The Kier molecular flexibility index (Phi) is 19.2. The third kappa shape index (κ3) is 17.5. The molecule has 0 saturated heterocycles. The summed E-state index contributed by atoms with van der Waals surface area (Å²) in [5, 5.41) is 0. The summed E-state index contributed by atoms with van der Waals surface area (Å²) in [5.74, 6) is 0. The largest absolute Gasteiger partial charge is 0.412 e. The Morgan fingerprint density at radius 1 is 1.38 bits per heavy atom. The summed E-state index contributed by atoms with van der Waals surface area (Å²) >= 11 is 0. The minimum Gasteiger partial charge on any atom is -0.412 e. The molecule has 0 aromatic heterocycles. The van der Waals surface area contributed by atoms with Gasteiger partial charge in [-0.3, -0.25) is 0 Å². The molecule has 52 valence electrons. The number of hydrogen-bond donors (Lipinski definition) is 0. The van der Waals surface area contributed by atoms with Gasteiger partial charge in [0.05, 0.1) is 0 Å². The summed E-state index contributed by atoms with van der Waals surface area (Å²) in [6.45, 7) is 4.53. The van der Waals surface area contributed by atoms with Crippen LogP contribution in [0.5, 0.6) is 0 Å². The lowest BCUT2D eigenvalue weighted by molar-refractivity contribution is 0.457. The fourth-order valence-corrected chi connectivity index (χ4v) is 0.258. The summed E-state index contributed by atoms with van der Waals surface area (Å²) in [6.07, 6.45) is 1.88. The first-order valence-corrected chi connectivity index (χ1v) is 2.03. The summed E-state index contributed by atoms with van der Waals surface area (Å²) < 4.78 is 0. The molecule has 3 nitrogen and oxygen atoms in total. The molecular formula is C5H15NO2. The van der Waals surface area contributed by atoms with Crippen LogP contribution in [-0.4, -0.2) is 36.5 Å². The summed E-state index contributed by atoms with van der Waals surface area (Å²) in [6, 6.07) is 0. The highest BCUT2D eigenvalue weighted by Gasteiger charge is 1.75. The van der Waals surface area contributed by atoms with Gasteiger partial charge in [-0.1, -0.05) is 6.08 Å². The van der Waals surface area contributed by atoms with Crippen LogP contribution in [0.2, 0.25) is 0 Å². The standard InChI is InChI=1S/C5H11N.2H2O/c1-4-5-6(2)3;;/h4H,1,5H2,2-3H3;2*1H2. The SMILES string of the molecule is C=CCN(C)C.O.O. The molecule has 0 aromatic carbocycles. The van der Waals surface area contributed by atoms with E-state index in [4.69, 9.17) is 0 Å². The Morgan fingerprint density at radius 2 is 1.75 bits per heavy atom. The van der Waals surface area contributed by atoms with E-state index in [1.165, 1.54) is 0 Å². The summed E-state index contributed by atoms with van der Waals surface area (Å²) in [4.78, 5) is 2.06. The van der Waals surface area contributed by atoms with Crippen LogP contribution < -0.4 is 0 Å². The minimum absolute atomic E-state index is 0. The second kappa shape index (κ2) is 9.80. The van der Waals surface area contributed by atoms with Gasteiger partial charge in [0, 0.05) is 6.54 Å². The van der Waals surface area contributed by atoms with Gasteiger partial charge in [0.2, 0.25) is 0 Å². The number of likely N-dealkylation sites (N-methyl/N-ethyl adjacent to an activating group) is 1. The molecule has 0 amide bonds. The Balaban J connectivity index is -0.000000125. The van der Waals surface area contributed by atoms with Crippen molar-refractivity contribution in [2.45, 2.75) is 0 Å². The highest BCUT2D eigenvalue weighted by atomic mass is 16.0. The number of nitrogens with zero attached hydrogens (tertiary/aromatic N) is 1. The molecule has 3 heteroatoms. The van der Waals surface area contributed by atoms with Gasteiger partial charge in [-0.2, -0.15) is 0 Å². The predicted octanol–water partition coefficient (Wildman–Crippen LogP) is -0.915. The Bertz CT molecular complexity index is 45.7. The van der Waals surface area contributed by atoms with E-state index in [-0.39, 0.29) is 11.0 Å². The molecule has 0 fully saturated rings. The van der Waals surface area contributed by atoms with E-state index in [1.54, 1.807) is 0 Å². The fourth-order valence-electron chi connectivity index (χ4n) is 0.258. The van der Waals surface area contributed by atoms with Crippen molar-refractivity contribution in [3.8, 4) is 0 Å². The lowest BCUT2D eigenvalue weighted by atomic mass is 10.6. The van der Waals surface area contributed by atoms with Crippen molar-refractivity contribution in [2.24, 2.45) is 0 Å². The van der Waals surface area contributed by atoms with Crippen LogP contribution >= 0.6 is 0 Å². The van der Waals surface area contributed by atoms with Crippen molar-refractivity contribution in [2.75, 3.05) is 20.6 Å². The second-order valence-electron chi connectivity index (χ2n) is 1.55. The van der Waals surface area contributed by atoms with Crippen molar-refractivity contribution >= 4 is 0 Å². The molecule has 8 heavy (non-hydrogen) atoms. The molecule has 4 N–H and O–H groups in total. The van der Waals surface area contributed by atoms with E-state index < -0.39 is 0 Å². The molecule has 0 aliphatic heterocycles. The number of hydrogen-bond acceptors (Lipinski definition) is 1. The van der Waals surface area contributed by atoms with Gasteiger partial charge >= 0.3 is 0 Å². The Morgan fingerprint density at radius 3 is 1.75 bits per heavy atom. The van der Waals surface area contributed by atoms with Gasteiger partial charge in [0.15, 0.2) is 0 Å². The van der Waals surface area contributed by atoms with Crippen LogP contribution in [0, 0.1) is 0 Å². The van der Waals surface area contributed by atoms with Gasteiger partial charge in [-0.05, 0) is 14.1 Å². The van der Waals surface area contributed by atoms with Crippen LogP contribution in [0.4, 0.5) is 0 Å². The van der Waals surface area contributed by atoms with Crippen LogP contribution in [-0.2, 0) is 0 Å². The van der Waals surface area contributed by atoms with Gasteiger partial charge in [-0.25, -0.2) is 0 Å². The summed E-state index contributed by atoms with van der Waals surface area (Å²) in [5.41, 5.74) is 0. The molecule has 0 rings (SSSR count). The normalized spacial score (nSPS) is 6.88. The zero-order chi connectivity index (χ0) is 4.99. The highest BCUT2D eigenvalue weighted by Crippen LogP contribution is 1.69. The predicted molar refractivity (Wildman–Crippen MR) is 36.0 cm³/mol. The second-order valence-corrected chi connectivity index (χ2v) is 1.55. The van der Waals surface area contributed by atoms with Gasteiger partial charge in [0.25, 0.3) is 0 Å². The molecule has 0 aromatic rings. The number of rotatable bonds is 2. The molecule has 0 aliphatic rings. The Hall–Kier alpha value is -0.380. The van der Waals surface area contributed by atoms with Gasteiger partial charge < -0.3 is 15.9 Å². The molecular weight excluding hydrogens is 106 g/mol. The smallest absolute Gasteiger partial charge is 0.0154 e. The Labute approximate surface area is 50.2 Å². The zero-order valence-electron chi connectivity index (χ0n) is 5.44. The van der Waals surface area contributed by atoms with Crippen LogP contribution in [0.15, 0.2) is 12.7 Å². The quantitative estimate of drug-likeness (QED) is 0.436. The minimum atomic E-state index is 0. The van der Waals surface area contributed by atoms with Crippen molar-refractivity contribution in [3.63, 3.8) is 0 Å². The van der Waals surface area contributed by atoms with E-state index in [9.17, 15) is 0 Å². The average Bonchev–Trinajstić information content (AvgIpc) is 1.35. The summed E-state index contributed by atoms with van der Waals surface area (Å²) in [7, 11) is 4.03. The molecule has 0 radical (unpaired) electrons. The van der Waals surface area contributed by atoms with Crippen molar-refractivity contribution in [1.82, 2.24) is 4.90 Å². The third-order valence-corrected chi connectivity index (χ3v) is 0.494. The van der Waals surface area contributed by atoms with Crippen molar-refractivity contribution in [1.29, 1.82) is 0 Å². The molecule has 0 bridgehead atoms. The first kappa shape index (κ1) is 15.6. The van der Waals surface area contributed by atoms with Crippen LogP contribution in [0.25, 0.3) is 0 Å². The monoisotopic (exact) mass is 121 g/mol. The first-order valence-electron chi connectivity index (χ1n) is 2.03. The first-order chi connectivity index (χ1) is 2.77. The van der Waals surface area contributed by atoms with E-state index in [1.807, 2.05) is 20.2 Å². The van der Waals surface area contributed by atoms with Gasteiger partial charge in [-0.15, -0.1) is 6.58 Å². The van der Waals surface area contributed by atoms with Crippen molar-refractivity contribution in [3.05, 3.63) is 12.7 Å². The lowest BCUT2D eigenvalue weighted by Gasteiger charge is -2.01. The van der Waals surface area contributed by atoms with E-state index in [0.29, 0.717) is 0 Å². The van der Waals surface area contributed by atoms with E-state index >= 15 is 0 Å². The molecule has 0 unspecified atom stereocenters. The van der Waals surface area contributed by atoms with E-state index in [0.717, 1.165) is 6.54 Å². The van der Waals surface area contributed by atoms with Crippen LogP contribution in [0.1, 0.15) is 0 Å². The molecule has 0 atom stereocenters. The fraction of sp³-hybridized carbons (Fsp3) is 0.600. The molecule has 0 saturated carbocycles. The van der Waals surface area contributed by atoms with Crippen molar-refractivity contribution < 1.29 is 11.0 Å². The third-order valence-electron chi connectivity index (χ3n) is 0.494. The molecule has 0 heterocycles. The van der Waals surface area contributed by atoms with Crippen LogP contribution in [0.3, 0.4) is 0 Å². The highest BCUT2D eigenvalue weighted by molar-refractivity contribution is 4.68. The maximum atomic E-state index is 3.56. The van der Waals surface area contributed by atoms with E-state index in [2.05, 4.69) is 11.5 Å². The average molecular weight is 121 g/mol. The topological polar surface area (TPSA) is 66.2 Å². The molecule has 0 spiro atoms. The lowest BCUT2D eigenvalue weighted by Crippen LogP contribution is -2.09. The molecule has 0 aliphatic carbocycles. The maximum absolute atomic E-state index is 3.56. The zero-order valence-corrected chi connectivity index (χ0v) is 5.44. The maximum Gasteiger partial charge on any atom is 0.0154 e. The van der Waals surface area contributed by atoms with Gasteiger partial charge in [0.1, 0.15) is 0 Å².